The first-order valence-electron chi connectivity index (χ1n) is 9.85. The average Bonchev–Trinajstić information content (AvgIpc) is 3.05. The Hall–Kier alpha value is -1.70. The van der Waals surface area contributed by atoms with Crippen molar-refractivity contribution in [2.45, 2.75) is 77.0 Å². The van der Waals surface area contributed by atoms with Crippen molar-refractivity contribution in [3.05, 3.63) is 46.5 Å². The Morgan fingerprint density at radius 2 is 1.96 bits per heavy atom. The summed E-state index contributed by atoms with van der Waals surface area (Å²) in [6, 6.07) is 5.10. The van der Waals surface area contributed by atoms with E-state index in [-0.39, 0.29) is 27.9 Å². The third-order valence-corrected chi connectivity index (χ3v) is 10.2. The molecule has 0 amide bonds. The third-order valence-electron chi connectivity index (χ3n) is 5.72. The van der Waals surface area contributed by atoms with Crippen molar-refractivity contribution in [3.63, 3.8) is 0 Å². The Morgan fingerprint density at radius 3 is 2.57 bits per heavy atom. The normalized spacial score (nSPS) is 20.2. The lowest BCUT2D eigenvalue weighted by molar-refractivity contribution is -0.386. The molecule has 1 saturated carbocycles. The third kappa shape index (κ3) is 5.65. The van der Waals surface area contributed by atoms with Gasteiger partial charge < -0.3 is 13.9 Å². The van der Waals surface area contributed by atoms with Crippen LogP contribution in [-0.4, -0.2) is 32.1 Å². The van der Waals surface area contributed by atoms with Crippen LogP contribution in [-0.2, 0) is 15.8 Å². The fraction of sp³-hybridized carbons (Fsp3) is 0.619. The number of hydrogen-bond acceptors (Lipinski definition) is 5. The summed E-state index contributed by atoms with van der Waals surface area (Å²) in [5.41, 5.74) is 0.764. The van der Waals surface area contributed by atoms with Crippen LogP contribution < -0.4 is 4.74 Å². The molecule has 6 nitrogen and oxygen atoms in total. The number of hydrogen-bond donors (Lipinski definition) is 0. The van der Waals surface area contributed by atoms with E-state index in [2.05, 4.69) is 40.4 Å². The first-order valence-corrected chi connectivity index (χ1v) is 12.8. The SMILES string of the molecule is C=CCO[C@@H]1CCC[C@H]1Oc1ccc(CO[Si](C)(C)C(C)(C)C)cc1[N+](=O)[O-]. The summed E-state index contributed by atoms with van der Waals surface area (Å²) < 4.78 is 17.9. The number of rotatable bonds is 9. The molecular weight excluding hydrogens is 374 g/mol. The van der Waals surface area contributed by atoms with Crippen molar-refractivity contribution < 1.29 is 18.8 Å². The second-order valence-corrected chi connectivity index (χ2v) is 13.7. The van der Waals surface area contributed by atoms with Gasteiger partial charge in [0.05, 0.1) is 24.2 Å². The van der Waals surface area contributed by atoms with E-state index in [0.29, 0.717) is 19.0 Å². The predicted octanol–water partition coefficient (Wildman–Crippen LogP) is 5.62. The molecule has 0 unspecified atom stereocenters. The molecule has 0 aromatic heterocycles. The van der Waals surface area contributed by atoms with Crippen LogP contribution in [0.25, 0.3) is 0 Å². The fourth-order valence-corrected chi connectivity index (χ4v) is 3.91. The van der Waals surface area contributed by atoms with Gasteiger partial charge >= 0.3 is 5.69 Å². The highest BCUT2D eigenvalue weighted by Crippen LogP contribution is 2.38. The molecule has 1 aromatic rings. The molecule has 2 atom stereocenters. The molecular formula is C21H33NO5Si. The van der Waals surface area contributed by atoms with E-state index in [4.69, 9.17) is 13.9 Å². The molecule has 0 bridgehead atoms. The van der Waals surface area contributed by atoms with Crippen molar-refractivity contribution in [2.75, 3.05) is 6.61 Å². The van der Waals surface area contributed by atoms with Gasteiger partial charge in [0.25, 0.3) is 0 Å². The molecule has 0 N–H and O–H groups in total. The molecule has 0 heterocycles. The van der Waals surface area contributed by atoms with Crippen molar-refractivity contribution in [1.29, 1.82) is 0 Å². The second kappa shape index (κ2) is 9.20. The van der Waals surface area contributed by atoms with Gasteiger partial charge in [-0.3, -0.25) is 10.1 Å². The average molecular weight is 408 g/mol. The highest BCUT2D eigenvalue weighted by molar-refractivity contribution is 6.74. The van der Waals surface area contributed by atoms with Gasteiger partial charge in [0, 0.05) is 6.07 Å². The zero-order valence-corrected chi connectivity index (χ0v) is 18.7. The molecule has 0 radical (unpaired) electrons. The van der Waals surface area contributed by atoms with E-state index in [1.165, 1.54) is 0 Å². The Labute approximate surface area is 169 Å². The largest absolute Gasteiger partial charge is 0.481 e. The minimum absolute atomic E-state index is 0.0225. The quantitative estimate of drug-likeness (QED) is 0.230. The highest BCUT2D eigenvalue weighted by Gasteiger charge is 2.37. The van der Waals surface area contributed by atoms with E-state index in [9.17, 15) is 10.1 Å². The van der Waals surface area contributed by atoms with Crippen LogP contribution in [0.15, 0.2) is 30.9 Å². The van der Waals surface area contributed by atoms with Gasteiger partial charge in [-0.1, -0.05) is 32.9 Å². The minimum atomic E-state index is -1.92. The summed E-state index contributed by atoms with van der Waals surface area (Å²) in [5, 5.41) is 11.7. The maximum Gasteiger partial charge on any atom is 0.311 e. The number of nitro groups is 1. The number of nitro benzene ring substituents is 1. The van der Waals surface area contributed by atoms with Gasteiger partial charge in [-0.25, -0.2) is 0 Å². The summed E-state index contributed by atoms with van der Waals surface area (Å²) in [4.78, 5) is 11.2. The van der Waals surface area contributed by atoms with Crippen molar-refractivity contribution in [2.24, 2.45) is 0 Å². The Bertz CT molecular complexity index is 699. The summed E-state index contributed by atoms with van der Waals surface area (Å²) in [6.07, 6.45) is 4.18. The lowest BCUT2D eigenvalue weighted by atomic mass is 10.2. The smallest absolute Gasteiger partial charge is 0.311 e. The molecule has 0 saturated heterocycles. The molecule has 1 aliphatic carbocycles. The summed E-state index contributed by atoms with van der Waals surface area (Å²) in [5.74, 6) is 0.292. The lowest BCUT2D eigenvalue weighted by Gasteiger charge is -2.36. The van der Waals surface area contributed by atoms with Crippen LogP contribution in [0.3, 0.4) is 0 Å². The van der Waals surface area contributed by atoms with Crippen molar-refractivity contribution in [3.8, 4) is 5.75 Å². The zero-order valence-electron chi connectivity index (χ0n) is 17.7. The van der Waals surface area contributed by atoms with Crippen LogP contribution in [0.1, 0.15) is 45.6 Å². The van der Waals surface area contributed by atoms with Gasteiger partial charge in [-0.2, -0.15) is 0 Å². The molecule has 7 heteroatoms. The second-order valence-electron chi connectivity index (χ2n) is 8.86. The standard InChI is InChI=1S/C21H33NO5Si/c1-7-13-25-19-9-8-10-20(19)27-18-12-11-16(14-17(18)22(23)24)15-26-28(5,6)21(2,3)4/h7,11-12,14,19-20H,1,8-10,13,15H2,2-6H3/t19-,20-/m1/s1. The van der Waals surface area contributed by atoms with E-state index >= 15 is 0 Å². The van der Waals surface area contributed by atoms with Crippen LogP contribution >= 0.6 is 0 Å². The Balaban J connectivity index is 2.12. The summed E-state index contributed by atoms with van der Waals surface area (Å²) >= 11 is 0. The number of ether oxygens (including phenoxy) is 2. The first-order chi connectivity index (χ1) is 13.0. The zero-order chi connectivity index (χ0) is 20.9. The first kappa shape index (κ1) is 22.6. The van der Waals surface area contributed by atoms with Gasteiger partial charge in [-0.05, 0) is 49.0 Å². The maximum absolute atomic E-state index is 11.6. The predicted molar refractivity (Wildman–Crippen MR) is 113 cm³/mol. The molecule has 0 aliphatic heterocycles. The van der Waals surface area contributed by atoms with E-state index in [1.54, 1.807) is 18.2 Å². The number of nitrogens with zero attached hydrogens (tertiary/aromatic N) is 1. The summed E-state index contributed by atoms with van der Waals surface area (Å²) in [6.45, 7) is 15.3. The number of benzene rings is 1. The highest BCUT2D eigenvalue weighted by atomic mass is 28.4. The van der Waals surface area contributed by atoms with Crippen LogP contribution in [0.2, 0.25) is 18.1 Å². The van der Waals surface area contributed by atoms with Gasteiger partial charge in [0.2, 0.25) is 0 Å². The molecule has 1 fully saturated rings. The topological polar surface area (TPSA) is 70.8 Å². The Morgan fingerprint density at radius 1 is 1.29 bits per heavy atom. The summed E-state index contributed by atoms with van der Waals surface area (Å²) in [7, 11) is -1.92. The van der Waals surface area contributed by atoms with Crippen LogP contribution in [0, 0.1) is 10.1 Å². The fourth-order valence-electron chi connectivity index (χ4n) is 2.95. The van der Waals surface area contributed by atoms with Crippen molar-refractivity contribution >= 4 is 14.0 Å². The Kier molecular flexibility index (Phi) is 7.42. The van der Waals surface area contributed by atoms with E-state index < -0.39 is 8.32 Å². The molecule has 1 aliphatic rings. The van der Waals surface area contributed by atoms with Gasteiger partial charge in [0.15, 0.2) is 14.1 Å². The monoisotopic (exact) mass is 407 g/mol. The minimum Gasteiger partial charge on any atom is -0.481 e. The molecule has 2 rings (SSSR count). The molecule has 0 spiro atoms. The lowest BCUT2D eigenvalue weighted by Crippen LogP contribution is -2.40. The molecule has 28 heavy (non-hydrogen) atoms. The molecule has 156 valence electrons. The van der Waals surface area contributed by atoms with E-state index in [0.717, 1.165) is 24.8 Å². The van der Waals surface area contributed by atoms with Crippen LogP contribution in [0.4, 0.5) is 5.69 Å². The van der Waals surface area contributed by atoms with Gasteiger partial charge in [-0.15, -0.1) is 6.58 Å². The van der Waals surface area contributed by atoms with Gasteiger partial charge in [0.1, 0.15) is 6.10 Å². The van der Waals surface area contributed by atoms with E-state index in [1.807, 2.05) is 6.07 Å². The maximum atomic E-state index is 11.6. The molecule has 1 aromatic carbocycles. The van der Waals surface area contributed by atoms with Crippen molar-refractivity contribution in [1.82, 2.24) is 0 Å². The van der Waals surface area contributed by atoms with Crippen LogP contribution in [0.5, 0.6) is 5.75 Å².